The average Bonchev–Trinajstić information content (AvgIpc) is 3.24. The molecular weight excluding hydrogens is 396 g/mol. The molecule has 6 nitrogen and oxygen atoms in total. The number of halogens is 1. The lowest BCUT2D eigenvalue weighted by Gasteiger charge is -2.15. The average molecular weight is 417 g/mol. The molecule has 1 N–H and O–H groups in total. The van der Waals surface area contributed by atoms with Crippen LogP contribution in [0, 0.1) is 13.8 Å². The van der Waals surface area contributed by atoms with Gasteiger partial charge in [0.25, 0.3) is 0 Å². The Hall–Kier alpha value is -2.48. The quantitative estimate of drug-likeness (QED) is 0.592. The standard InChI is InChI=1S/C20H21ClN4O2S/c1-13-10-17(14(2)25(13)20-22-8-9-28-20)18(26)11-24(3)12-19(27)23-16-6-4-15(21)5-7-16/h4-10H,11-12H2,1-3H3,(H,23,27). The monoisotopic (exact) mass is 416 g/mol. The van der Waals surface area contributed by atoms with Crippen LogP contribution >= 0.6 is 22.9 Å². The lowest BCUT2D eigenvalue weighted by atomic mass is 10.1. The van der Waals surface area contributed by atoms with E-state index in [9.17, 15) is 9.59 Å². The van der Waals surface area contributed by atoms with Gasteiger partial charge in [0.2, 0.25) is 5.91 Å². The Balaban J connectivity index is 1.62. The van der Waals surface area contributed by atoms with Crippen molar-refractivity contribution in [1.82, 2.24) is 14.5 Å². The smallest absolute Gasteiger partial charge is 0.238 e. The van der Waals surface area contributed by atoms with Gasteiger partial charge in [-0.05, 0) is 51.2 Å². The zero-order valence-corrected chi connectivity index (χ0v) is 17.5. The molecule has 146 valence electrons. The zero-order chi connectivity index (χ0) is 20.3. The molecule has 0 bridgehead atoms. The molecule has 0 spiro atoms. The van der Waals surface area contributed by atoms with E-state index in [2.05, 4.69) is 10.3 Å². The Morgan fingerprint density at radius 3 is 2.57 bits per heavy atom. The van der Waals surface area contributed by atoms with Gasteiger partial charge in [-0.25, -0.2) is 4.98 Å². The van der Waals surface area contributed by atoms with Crippen molar-refractivity contribution in [3.63, 3.8) is 0 Å². The third-order valence-corrected chi connectivity index (χ3v) is 5.31. The minimum Gasteiger partial charge on any atom is -0.325 e. The number of benzene rings is 1. The van der Waals surface area contributed by atoms with E-state index in [-0.39, 0.29) is 24.8 Å². The van der Waals surface area contributed by atoms with Crippen LogP contribution in [-0.4, -0.2) is 46.3 Å². The van der Waals surface area contributed by atoms with Crippen LogP contribution in [0.5, 0.6) is 0 Å². The Morgan fingerprint density at radius 1 is 1.21 bits per heavy atom. The Labute approximate surface area is 172 Å². The summed E-state index contributed by atoms with van der Waals surface area (Å²) in [7, 11) is 1.75. The number of amides is 1. The van der Waals surface area contributed by atoms with Gasteiger partial charge in [-0.3, -0.25) is 19.1 Å². The van der Waals surface area contributed by atoms with Crippen LogP contribution in [0.4, 0.5) is 5.69 Å². The number of anilines is 1. The number of hydrogen-bond acceptors (Lipinski definition) is 5. The van der Waals surface area contributed by atoms with Crippen LogP contribution in [0.3, 0.4) is 0 Å². The molecule has 0 radical (unpaired) electrons. The number of rotatable bonds is 7. The van der Waals surface area contributed by atoms with Crippen molar-refractivity contribution in [3.05, 3.63) is 63.9 Å². The highest BCUT2D eigenvalue weighted by Crippen LogP contribution is 2.22. The number of carbonyl (C=O) groups is 2. The van der Waals surface area contributed by atoms with Gasteiger partial charge in [0.1, 0.15) is 0 Å². The van der Waals surface area contributed by atoms with Gasteiger partial charge in [0, 0.05) is 39.2 Å². The van der Waals surface area contributed by atoms with E-state index in [1.807, 2.05) is 29.9 Å². The largest absolute Gasteiger partial charge is 0.325 e. The number of aryl methyl sites for hydroxylation is 1. The predicted molar refractivity (Wildman–Crippen MR) is 113 cm³/mol. The number of ketones is 1. The molecule has 1 amide bonds. The van der Waals surface area contributed by atoms with Gasteiger partial charge < -0.3 is 5.32 Å². The number of nitrogens with zero attached hydrogens (tertiary/aromatic N) is 3. The van der Waals surface area contributed by atoms with Crippen LogP contribution in [-0.2, 0) is 4.79 Å². The summed E-state index contributed by atoms with van der Waals surface area (Å²) >= 11 is 7.37. The van der Waals surface area contributed by atoms with Gasteiger partial charge in [-0.1, -0.05) is 11.6 Å². The van der Waals surface area contributed by atoms with Crippen LogP contribution in [0.2, 0.25) is 5.02 Å². The normalized spacial score (nSPS) is 11.0. The van der Waals surface area contributed by atoms with Crippen LogP contribution in [0.25, 0.3) is 5.13 Å². The Bertz CT molecular complexity index is 981. The molecule has 0 aliphatic carbocycles. The van der Waals surface area contributed by atoms with Crippen LogP contribution < -0.4 is 5.32 Å². The highest BCUT2D eigenvalue weighted by Gasteiger charge is 2.19. The summed E-state index contributed by atoms with van der Waals surface area (Å²) < 4.78 is 1.98. The van der Waals surface area contributed by atoms with Crippen LogP contribution in [0.15, 0.2) is 41.9 Å². The van der Waals surface area contributed by atoms with E-state index < -0.39 is 0 Å². The zero-order valence-electron chi connectivity index (χ0n) is 15.9. The first-order chi connectivity index (χ1) is 13.3. The van der Waals surface area contributed by atoms with E-state index in [4.69, 9.17) is 11.6 Å². The first-order valence-electron chi connectivity index (χ1n) is 8.71. The molecule has 8 heteroatoms. The molecule has 3 rings (SSSR count). The van der Waals surface area contributed by atoms with Crippen molar-refractivity contribution in [2.45, 2.75) is 13.8 Å². The third-order valence-electron chi connectivity index (χ3n) is 4.30. The van der Waals surface area contributed by atoms with Crippen molar-refractivity contribution < 1.29 is 9.59 Å². The van der Waals surface area contributed by atoms with E-state index in [1.165, 1.54) is 11.3 Å². The topological polar surface area (TPSA) is 67.2 Å². The highest BCUT2D eigenvalue weighted by atomic mass is 35.5. The fraction of sp³-hybridized carbons (Fsp3) is 0.250. The number of carbonyl (C=O) groups excluding carboxylic acids is 2. The summed E-state index contributed by atoms with van der Waals surface area (Å²) in [6.45, 7) is 4.12. The first-order valence-corrected chi connectivity index (χ1v) is 9.97. The number of aromatic nitrogens is 2. The lowest BCUT2D eigenvalue weighted by Crippen LogP contribution is -2.34. The molecule has 3 aromatic rings. The molecule has 1 aromatic carbocycles. The van der Waals surface area contributed by atoms with E-state index >= 15 is 0 Å². The van der Waals surface area contributed by atoms with Gasteiger partial charge in [0.15, 0.2) is 10.9 Å². The summed E-state index contributed by atoms with van der Waals surface area (Å²) in [6, 6.07) is 8.77. The number of nitrogens with one attached hydrogen (secondary N) is 1. The number of hydrogen-bond donors (Lipinski definition) is 1. The molecule has 0 atom stereocenters. The fourth-order valence-electron chi connectivity index (χ4n) is 3.03. The second-order valence-electron chi connectivity index (χ2n) is 6.59. The maximum absolute atomic E-state index is 12.8. The lowest BCUT2D eigenvalue weighted by molar-refractivity contribution is -0.116. The summed E-state index contributed by atoms with van der Waals surface area (Å²) in [6.07, 6.45) is 1.74. The van der Waals surface area contributed by atoms with Crippen molar-refractivity contribution in [2.75, 3.05) is 25.5 Å². The molecule has 28 heavy (non-hydrogen) atoms. The number of thiazole rings is 1. The summed E-state index contributed by atoms with van der Waals surface area (Å²) in [5.74, 6) is -0.219. The number of Topliss-reactive ketones (excluding diaryl/α,β-unsaturated/α-hetero) is 1. The van der Waals surface area contributed by atoms with E-state index in [1.54, 1.807) is 42.4 Å². The van der Waals surface area contributed by atoms with Gasteiger partial charge >= 0.3 is 0 Å². The molecule has 2 aromatic heterocycles. The maximum atomic E-state index is 12.8. The molecule has 0 unspecified atom stereocenters. The van der Waals surface area contributed by atoms with Crippen molar-refractivity contribution in [2.24, 2.45) is 0 Å². The minimum atomic E-state index is -0.189. The van der Waals surface area contributed by atoms with Crippen LogP contribution in [0.1, 0.15) is 21.7 Å². The van der Waals surface area contributed by atoms with Gasteiger partial charge in [-0.2, -0.15) is 0 Å². The maximum Gasteiger partial charge on any atom is 0.238 e. The summed E-state index contributed by atoms with van der Waals surface area (Å²) in [5.41, 5.74) is 3.13. The van der Waals surface area contributed by atoms with E-state index in [0.717, 1.165) is 16.5 Å². The van der Waals surface area contributed by atoms with Crippen molar-refractivity contribution in [3.8, 4) is 5.13 Å². The van der Waals surface area contributed by atoms with Gasteiger partial charge in [-0.15, -0.1) is 11.3 Å². The predicted octanol–water partition coefficient (Wildman–Crippen LogP) is 3.96. The fourth-order valence-corrected chi connectivity index (χ4v) is 3.91. The summed E-state index contributed by atoms with van der Waals surface area (Å²) in [5, 5.41) is 6.15. The molecule has 0 saturated heterocycles. The first kappa shape index (κ1) is 20.3. The molecule has 0 aliphatic heterocycles. The molecule has 0 fully saturated rings. The molecular formula is C20H21ClN4O2S. The number of likely N-dealkylation sites (N-methyl/N-ethyl adjacent to an activating group) is 1. The highest BCUT2D eigenvalue weighted by molar-refractivity contribution is 7.12. The molecule has 0 aliphatic rings. The van der Waals surface area contributed by atoms with Gasteiger partial charge in [0.05, 0.1) is 13.1 Å². The summed E-state index contributed by atoms with van der Waals surface area (Å²) in [4.78, 5) is 31.0. The SMILES string of the molecule is Cc1cc(C(=O)CN(C)CC(=O)Nc2ccc(Cl)cc2)c(C)n1-c1nccs1. The van der Waals surface area contributed by atoms with Crippen molar-refractivity contribution >= 4 is 40.3 Å². The van der Waals surface area contributed by atoms with Crippen molar-refractivity contribution in [1.29, 1.82) is 0 Å². The second-order valence-corrected chi connectivity index (χ2v) is 7.89. The molecule has 0 saturated carbocycles. The minimum absolute atomic E-state index is 0.0299. The Morgan fingerprint density at radius 2 is 1.93 bits per heavy atom. The van der Waals surface area contributed by atoms with E-state index in [0.29, 0.717) is 16.3 Å². The third kappa shape index (κ3) is 4.67. The second kappa shape index (κ2) is 8.68. The molecule has 2 heterocycles. The Kier molecular flexibility index (Phi) is 6.28.